The Kier molecular flexibility index (Phi) is 14.4. The summed E-state index contributed by atoms with van der Waals surface area (Å²) < 4.78 is 11.5. The van der Waals surface area contributed by atoms with Crippen LogP contribution in [0.2, 0.25) is 5.02 Å². The van der Waals surface area contributed by atoms with Crippen LogP contribution in [0.1, 0.15) is 91.1 Å². The fraction of sp³-hybridized carbons (Fsp3) is 0.432. The van der Waals surface area contributed by atoms with E-state index in [0.29, 0.717) is 50.2 Å². The number of carbonyl (C=O) groups excluding carboxylic acids is 2. The fourth-order valence-electron chi connectivity index (χ4n) is 7.59. The number of unbranched alkanes of at least 4 members (excludes halogenated alkanes) is 2. The van der Waals surface area contributed by atoms with Gasteiger partial charge in [0, 0.05) is 50.3 Å². The minimum absolute atomic E-state index is 0.128. The van der Waals surface area contributed by atoms with Crippen molar-refractivity contribution < 1.29 is 24.2 Å². The molecule has 58 heavy (non-hydrogen) atoms. The molecule has 1 fully saturated rings. The maximum absolute atomic E-state index is 13.2. The summed E-state index contributed by atoms with van der Waals surface area (Å²) >= 11 is 7.51. The molecule has 12 nitrogen and oxygen atoms in total. The Morgan fingerprint density at radius 2 is 1.88 bits per heavy atom. The van der Waals surface area contributed by atoms with Gasteiger partial charge in [0.25, 0.3) is 5.91 Å². The highest BCUT2D eigenvalue weighted by Gasteiger charge is 2.32. The number of ether oxygens (including phenoxy) is 2. The van der Waals surface area contributed by atoms with Crippen molar-refractivity contribution in [1.29, 1.82) is 0 Å². The Morgan fingerprint density at radius 3 is 2.62 bits per heavy atom. The third-order valence-corrected chi connectivity index (χ3v) is 11.9. The first-order valence-corrected chi connectivity index (χ1v) is 21.2. The first-order chi connectivity index (χ1) is 27.9. The zero-order valence-electron chi connectivity index (χ0n) is 34.1. The number of nitrogens with one attached hydrogen (secondary N) is 2. The summed E-state index contributed by atoms with van der Waals surface area (Å²) in [5.74, 6) is 2.13. The van der Waals surface area contributed by atoms with Crippen molar-refractivity contribution in [1.82, 2.24) is 19.9 Å². The molecular weight excluding hydrogens is 774 g/mol. The van der Waals surface area contributed by atoms with Gasteiger partial charge in [0.15, 0.2) is 5.01 Å². The van der Waals surface area contributed by atoms with Gasteiger partial charge >= 0.3 is 6.16 Å². The highest BCUT2D eigenvalue weighted by Crippen LogP contribution is 2.47. The van der Waals surface area contributed by atoms with Crippen molar-refractivity contribution in [2.24, 2.45) is 5.92 Å². The number of anilines is 4. The number of aromatic hydroxyl groups is 1. The molecule has 0 spiro atoms. The molecule has 2 aromatic carbocycles. The number of hydrogen-bond acceptors (Lipinski definition) is 12. The molecule has 4 aromatic rings. The number of thiazole rings is 1. The van der Waals surface area contributed by atoms with Gasteiger partial charge in [-0.2, -0.15) is 0 Å². The van der Waals surface area contributed by atoms with E-state index in [4.69, 9.17) is 26.1 Å². The zero-order valence-corrected chi connectivity index (χ0v) is 35.6. The fourth-order valence-corrected chi connectivity index (χ4v) is 8.58. The molecule has 3 N–H and O–H groups in total. The zero-order chi connectivity index (χ0) is 41.3. The van der Waals surface area contributed by atoms with E-state index in [1.807, 2.05) is 51.1 Å². The molecule has 2 unspecified atom stereocenters. The first-order valence-electron chi connectivity index (χ1n) is 20.0. The van der Waals surface area contributed by atoms with E-state index in [9.17, 15) is 14.7 Å². The van der Waals surface area contributed by atoms with Crippen LogP contribution in [-0.2, 0) is 11.2 Å². The second-order valence-corrected chi connectivity index (χ2v) is 16.7. The Hall–Kier alpha value is -4.98. The minimum atomic E-state index is -0.783. The van der Waals surface area contributed by atoms with Gasteiger partial charge in [-0.3, -0.25) is 9.69 Å². The maximum atomic E-state index is 13.2. The van der Waals surface area contributed by atoms with Crippen LogP contribution in [0.15, 0.2) is 66.4 Å². The smallest absolute Gasteiger partial charge is 0.507 e. The number of phenols is 1. The number of allylic oxidation sites excluding steroid dienone is 3. The number of hydrogen-bond donors (Lipinski definition) is 3. The standard InChI is InChI=1S/C44H54ClN7O5S/c1-7-8-9-12-31-23-35(53)40(33-22-28(4)14-15-32(33)27(2)3)36(24-31)57-44(55)56-21-20-51-16-18-52(19-17-51)38-25-37(47-30(6)48-38)49-39-26-46-43(58-39)42(54)50-41-29(5)11-10-13-34(41)45/h10-11,13,22-26,32-33,53H,2,7-9,12,14-21H2,1,3-6H3,(H,50,54)(H,47,48,49). The number of carbonyl (C=O) groups is 2. The van der Waals surface area contributed by atoms with E-state index in [0.717, 1.165) is 87.2 Å². The van der Waals surface area contributed by atoms with Crippen molar-refractivity contribution >= 4 is 57.3 Å². The highest BCUT2D eigenvalue weighted by atomic mass is 35.5. The van der Waals surface area contributed by atoms with Crippen LogP contribution in [0.4, 0.5) is 27.1 Å². The van der Waals surface area contributed by atoms with E-state index >= 15 is 0 Å². The average Bonchev–Trinajstić information content (AvgIpc) is 3.65. The van der Waals surface area contributed by atoms with Crippen LogP contribution in [0.3, 0.4) is 0 Å². The second-order valence-electron chi connectivity index (χ2n) is 15.2. The van der Waals surface area contributed by atoms with Gasteiger partial charge in [0.1, 0.15) is 40.6 Å². The van der Waals surface area contributed by atoms with Gasteiger partial charge in [0.2, 0.25) is 0 Å². The third-order valence-electron chi connectivity index (χ3n) is 10.7. The second kappa shape index (κ2) is 19.6. The van der Waals surface area contributed by atoms with Crippen molar-refractivity contribution in [2.45, 2.75) is 79.1 Å². The SMILES string of the molecule is C=C(C)C1CCC(C)=CC1c1c(O)cc(CCCCC)cc1OC(=O)OCCN1CCN(c2cc(Nc3cnc(C(=O)Nc4c(C)cccc4Cl)s3)nc(C)n2)CC1. The van der Waals surface area contributed by atoms with E-state index in [1.165, 1.54) is 16.9 Å². The van der Waals surface area contributed by atoms with Crippen molar-refractivity contribution in [3.8, 4) is 11.5 Å². The van der Waals surface area contributed by atoms with Crippen LogP contribution in [0.5, 0.6) is 11.5 Å². The molecule has 0 bridgehead atoms. The predicted octanol–water partition coefficient (Wildman–Crippen LogP) is 9.99. The molecule has 6 rings (SSSR count). The molecule has 1 saturated heterocycles. The van der Waals surface area contributed by atoms with Crippen molar-refractivity contribution in [3.05, 3.63) is 98.9 Å². The number of amides is 1. The number of phenolic OH excluding ortho intramolecular Hbond substituents is 1. The number of benzene rings is 2. The summed E-state index contributed by atoms with van der Waals surface area (Å²) in [6, 6.07) is 11.1. The molecule has 0 radical (unpaired) electrons. The van der Waals surface area contributed by atoms with Gasteiger partial charge in [-0.1, -0.05) is 78.6 Å². The van der Waals surface area contributed by atoms with E-state index < -0.39 is 6.16 Å². The summed E-state index contributed by atoms with van der Waals surface area (Å²) in [7, 11) is 0. The molecule has 2 atom stereocenters. The lowest BCUT2D eigenvalue weighted by molar-refractivity contribution is 0.0854. The number of halogens is 1. The summed E-state index contributed by atoms with van der Waals surface area (Å²) in [4.78, 5) is 44.1. The van der Waals surface area contributed by atoms with Crippen LogP contribution in [0.25, 0.3) is 0 Å². The lowest BCUT2D eigenvalue weighted by Crippen LogP contribution is -2.47. The van der Waals surface area contributed by atoms with Gasteiger partial charge in [-0.15, -0.1) is 0 Å². The summed E-state index contributed by atoms with van der Waals surface area (Å²) in [6.07, 6.45) is 8.83. The Labute approximate surface area is 350 Å². The van der Waals surface area contributed by atoms with Crippen LogP contribution in [-0.4, -0.2) is 76.4 Å². The number of rotatable bonds is 15. The van der Waals surface area contributed by atoms with Crippen LogP contribution in [0, 0.1) is 19.8 Å². The maximum Gasteiger partial charge on any atom is 0.513 e. The van der Waals surface area contributed by atoms with E-state index in [-0.39, 0.29) is 30.1 Å². The number of para-hydroxylation sites is 1. The molecule has 1 aliphatic heterocycles. The lowest BCUT2D eigenvalue weighted by atomic mass is 9.73. The third kappa shape index (κ3) is 10.9. The number of piperazine rings is 1. The molecule has 308 valence electrons. The monoisotopic (exact) mass is 827 g/mol. The van der Waals surface area contributed by atoms with Crippen molar-refractivity contribution in [3.63, 3.8) is 0 Å². The lowest BCUT2D eigenvalue weighted by Gasteiger charge is -2.35. The molecule has 1 aliphatic carbocycles. The summed E-state index contributed by atoms with van der Waals surface area (Å²) in [5, 5.41) is 18.9. The Bertz CT molecular complexity index is 2130. The number of aromatic nitrogens is 3. The topological polar surface area (TPSA) is 142 Å². The highest BCUT2D eigenvalue weighted by molar-refractivity contribution is 7.17. The molecular formula is C44H54ClN7O5S. The van der Waals surface area contributed by atoms with Crippen molar-refractivity contribution in [2.75, 3.05) is 54.9 Å². The van der Waals surface area contributed by atoms with E-state index in [2.05, 4.69) is 56.9 Å². The van der Waals surface area contributed by atoms with Crippen LogP contribution >= 0.6 is 22.9 Å². The Morgan fingerprint density at radius 1 is 1.09 bits per heavy atom. The molecule has 1 amide bonds. The number of aryl methyl sites for hydroxylation is 3. The first kappa shape index (κ1) is 42.6. The predicted molar refractivity (Wildman–Crippen MR) is 232 cm³/mol. The quantitative estimate of drug-likeness (QED) is 0.0456. The van der Waals surface area contributed by atoms with Crippen LogP contribution < -0.4 is 20.3 Å². The minimum Gasteiger partial charge on any atom is -0.507 e. The summed E-state index contributed by atoms with van der Waals surface area (Å²) in [6.45, 7) is 17.9. The molecule has 0 saturated carbocycles. The molecule has 14 heteroatoms. The van der Waals surface area contributed by atoms with Gasteiger partial charge in [-0.25, -0.2) is 19.7 Å². The van der Waals surface area contributed by atoms with Gasteiger partial charge < -0.3 is 30.1 Å². The molecule has 3 heterocycles. The van der Waals surface area contributed by atoms with Gasteiger partial charge in [0.05, 0.1) is 16.9 Å². The summed E-state index contributed by atoms with van der Waals surface area (Å²) in [5.41, 5.74) is 5.26. The number of nitrogens with zero attached hydrogens (tertiary/aromatic N) is 5. The average molecular weight is 828 g/mol. The Balaban J connectivity index is 1.02. The molecule has 2 aliphatic rings. The normalized spacial score (nSPS) is 17.1. The van der Waals surface area contributed by atoms with Gasteiger partial charge in [-0.05, 0) is 88.6 Å². The van der Waals surface area contributed by atoms with E-state index in [1.54, 1.807) is 12.3 Å². The largest absolute Gasteiger partial charge is 0.513 e. The molecule has 2 aromatic heterocycles.